The van der Waals surface area contributed by atoms with Gasteiger partial charge < -0.3 is 10.3 Å². The fourth-order valence-electron chi connectivity index (χ4n) is 1.79. The van der Waals surface area contributed by atoms with Gasteiger partial charge in [0.1, 0.15) is 5.82 Å². The van der Waals surface area contributed by atoms with Crippen molar-refractivity contribution in [1.82, 2.24) is 19.5 Å². The molecule has 1 aliphatic carbocycles. The van der Waals surface area contributed by atoms with Crippen molar-refractivity contribution in [2.75, 3.05) is 5.73 Å². The zero-order chi connectivity index (χ0) is 12.0. The first-order chi connectivity index (χ1) is 8.16. The highest BCUT2D eigenvalue weighted by molar-refractivity contribution is 14.1. The largest absolute Gasteiger partial charge is 0.383 e. The topological polar surface area (TPSA) is 69.6 Å². The van der Waals surface area contributed by atoms with Crippen LogP contribution in [0.2, 0.25) is 0 Å². The van der Waals surface area contributed by atoms with Gasteiger partial charge in [-0.3, -0.25) is 0 Å². The lowest BCUT2D eigenvalue weighted by Gasteiger charge is -2.07. The van der Waals surface area contributed by atoms with Gasteiger partial charge in [-0.2, -0.15) is 0 Å². The average Bonchev–Trinajstić information content (AvgIpc) is 3.05. The molecule has 0 aliphatic heterocycles. The maximum atomic E-state index is 5.95. The number of aryl methyl sites for hydroxylation is 1. The van der Waals surface area contributed by atoms with Crippen LogP contribution < -0.4 is 5.73 Å². The van der Waals surface area contributed by atoms with Crippen LogP contribution in [0.4, 0.5) is 5.82 Å². The van der Waals surface area contributed by atoms with Crippen LogP contribution >= 0.6 is 22.6 Å². The van der Waals surface area contributed by atoms with Gasteiger partial charge in [-0.25, -0.2) is 15.0 Å². The summed E-state index contributed by atoms with van der Waals surface area (Å²) in [6.07, 6.45) is 6.02. The van der Waals surface area contributed by atoms with Gasteiger partial charge in [0.2, 0.25) is 0 Å². The van der Waals surface area contributed by atoms with E-state index in [-0.39, 0.29) is 0 Å². The summed E-state index contributed by atoms with van der Waals surface area (Å²) in [5.74, 6) is 2.50. The summed E-state index contributed by atoms with van der Waals surface area (Å²) in [5.41, 5.74) is 7.03. The molecule has 0 spiro atoms. The maximum absolute atomic E-state index is 5.95. The van der Waals surface area contributed by atoms with Crippen molar-refractivity contribution in [2.24, 2.45) is 7.05 Å². The zero-order valence-electron chi connectivity index (χ0n) is 9.39. The molecule has 0 unspecified atom stereocenters. The molecule has 6 heteroatoms. The van der Waals surface area contributed by atoms with Gasteiger partial charge in [0.05, 0.1) is 9.26 Å². The Kier molecular flexibility index (Phi) is 2.53. The smallest absolute Gasteiger partial charge is 0.198 e. The number of nitrogen functional groups attached to an aromatic ring is 1. The van der Waals surface area contributed by atoms with Crippen molar-refractivity contribution in [3.05, 3.63) is 21.7 Å². The van der Waals surface area contributed by atoms with Gasteiger partial charge in [-0.1, -0.05) is 0 Å². The summed E-state index contributed by atoms with van der Waals surface area (Å²) < 4.78 is 2.89. The van der Waals surface area contributed by atoms with E-state index >= 15 is 0 Å². The summed E-state index contributed by atoms with van der Waals surface area (Å²) in [4.78, 5) is 13.2. The van der Waals surface area contributed by atoms with Gasteiger partial charge >= 0.3 is 0 Å². The van der Waals surface area contributed by atoms with E-state index in [2.05, 4.69) is 37.5 Å². The Morgan fingerprint density at radius 1 is 1.41 bits per heavy atom. The number of rotatable bonds is 2. The number of hydrogen-bond acceptors (Lipinski definition) is 4. The van der Waals surface area contributed by atoms with Crippen LogP contribution in [0, 0.1) is 3.57 Å². The molecule has 17 heavy (non-hydrogen) atoms. The Morgan fingerprint density at radius 3 is 2.76 bits per heavy atom. The average molecular weight is 341 g/mol. The first-order valence-corrected chi connectivity index (χ1v) is 6.55. The van der Waals surface area contributed by atoms with Crippen molar-refractivity contribution >= 4 is 28.4 Å². The van der Waals surface area contributed by atoms with Gasteiger partial charge in [0.25, 0.3) is 0 Å². The van der Waals surface area contributed by atoms with Crippen molar-refractivity contribution in [3.63, 3.8) is 0 Å². The molecule has 0 amide bonds. The van der Waals surface area contributed by atoms with E-state index < -0.39 is 0 Å². The molecule has 5 nitrogen and oxygen atoms in total. The predicted octanol–water partition coefficient (Wildman–Crippen LogP) is 1.94. The van der Waals surface area contributed by atoms with E-state index in [1.54, 1.807) is 6.20 Å². The third kappa shape index (κ3) is 1.90. The van der Waals surface area contributed by atoms with Crippen molar-refractivity contribution in [3.8, 4) is 11.6 Å². The summed E-state index contributed by atoms with van der Waals surface area (Å²) in [6.45, 7) is 0. The highest BCUT2D eigenvalue weighted by atomic mass is 127. The van der Waals surface area contributed by atoms with Crippen molar-refractivity contribution in [2.45, 2.75) is 18.8 Å². The van der Waals surface area contributed by atoms with Crippen LogP contribution in [0.15, 0.2) is 12.4 Å². The molecule has 0 radical (unpaired) electrons. The summed E-state index contributed by atoms with van der Waals surface area (Å²) >= 11 is 2.23. The summed E-state index contributed by atoms with van der Waals surface area (Å²) in [7, 11) is 1.93. The first kappa shape index (κ1) is 10.9. The number of nitrogens with zero attached hydrogens (tertiary/aromatic N) is 4. The number of hydrogen-bond donors (Lipinski definition) is 1. The molecule has 88 valence electrons. The van der Waals surface area contributed by atoms with Gasteiger partial charge in [0.15, 0.2) is 11.6 Å². The lowest BCUT2D eigenvalue weighted by atomic mass is 10.2. The molecule has 2 aromatic rings. The molecule has 0 atom stereocenters. The monoisotopic (exact) mass is 341 g/mol. The quantitative estimate of drug-likeness (QED) is 0.848. The van der Waals surface area contributed by atoms with Gasteiger partial charge in [-0.15, -0.1) is 0 Å². The molecule has 2 aromatic heterocycles. The van der Waals surface area contributed by atoms with E-state index in [0.717, 1.165) is 15.1 Å². The first-order valence-electron chi connectivity index (χ1n) is 5.47. The Bertz CT molecular complexity index is 573. The minimum absolute atomic E-state index is 0.556. The fraction of sp³-hybridized carbons (Fsp3) is 0.364. The molecule has 2 N–H and O–H groups in total. The molecular formula is C11H12IN5. The molecule has 0 saturated heterocycles. The Morgan fingerprint density at radius 2 is 2.18 bits per heavy atom. The second-order valence-electron chi connectivity index (χ2n) is 4.27. The number of nitrogens with two attached hydrogens (primary N) is 1. The molecule has 0 aromatic carbocycles. The fourth-order valence-corrected chi connectivity index (χ4v) is 2.47. The van der Waals surface area contributed by atoms with Crippen LogP contribution in [-0.4, -0.2) is 19.5 Å². The molecule has 2 heterocycles. The number of halogens is 1. The Hall–Kier alpha value is -1.18. The molecular weight excluding hydrogens is 329 g/mol. The number of anilines is 1. The minimum atomic E-state index is 0.556. The normalized spacial score (nSPS) is 15.2. The Labute approximate surface area is 113 Å². The zero-order valence-corrected chi connectivity index (χ0v) is 11.5. The van der Waals surface area contributed by atoms with Crippen LogP contribution in [-0.2, 0) is 7.05 Å². The molecule has 3 rings (SSSR count). The summed E-state index contributed by atoms with van der Waals surface area (Å²) in [5, 5.41) is 0. The Balaban J connectivity index is 2.15. The van der Waals surface area contributed by atoms with Gasteiger partial charge in [0, 0.05) is 25.4 Å². The van der Waals surface area contributed by atoms with Crippen molar-refractivity contribution in [1.29, 1.82) is 0 Å². The lowest BCUT2D eigenvalue weighted by Crippen LogP contribution is -2.06. The third-order valence-corrected chi connectivity index (χ3v) is 3.99. The molecule has 1 saturated carbocycles. The van der Waals surface area contributed by atoms with Gasteiger partial charge in [-0.05, 0) is 35.4 Å². The van der Waals surface area contributed by atoms with Crippen LogP contribution in [0.3, 0.4) is 0 Å². The highest BCUT2D eigenvalue weighted by Gasteiger charge is 2.29. The van der Waals surface area contributed by atoms with E-state index in [1.807, 2.05) is 17.8 Å². The molecule has 0 bridgehead atoms. The number of aromatic nitrogens is 4. The maximum Gasteiger partial charge on any atom is 0.198 e. The summed E-state index contributed by atoms with van der Waals surface area (Å²) in [6, 6.07) is 0. The number of imidazole rings is 1. The SMILES string of the molecule is Cn1ccnc1-c1nc(N)c(I)c(C2CC2)n1. The minimum Gasteiger partial charge on any atom is -0.383 e. The van der Waals surface area contributed by atoms with Crippen LogP contribution in [0.1, 0.15) is 24.5 Å². The second-order valence-corrected chi connectivity index (χ2v) is 5.35. The van der Waals surface area contributed by atoms with E-state index in [4.69, 9.17) is 5.73 Å². The standard InChI is InChI=1S/C11H12IN5/c1-17-5-4-14-11(17)10-15-8(6-2-3-6)7(12)9(13)16-10/h4-6H,2-3H2,1H3,(H2,13,15,16). The predicted molar refractivity (Wildman–Crippen MR) is 73.3 cm³/mol. The van der Waals surface area contributed by atoms with Crippen LogP contribution in [0.5, 0.6) is 0 Å². The van der Waals surface area contributed by atoms with Crippen LogP contribution in [0.25, 0.3) is 11.6 Å². The molecule has 1 aliphatic rings. The van der Waals surface area contributed by atoms with E-state index in [1.165, 1.54) is 12.8 Å². The molecule has 1 fully saturated rings. The highest BCUT2D eigenvalue weighted by Crippen LogP contribution is 2.42. The second kappa shape index (κ2) is 3.94. The van der Waals surface area contributed by atoms with E-state index in [0.29, 0.717) is 17.6 Å². The van der Waals surface area contributed by atoms with Crippen molar-refractivity contribution < 1.29 is 0 Å². The van der Waals surface area contributed by atoms with E-state index in [9.17, 15) is 0 Å². The third-order valence-electron chi connectivity index (χ3n) is 2.89. The lowest BCUT2D eigenvalue weighted by molar-refractivity contribution is 0.892.